The van der Waals surface area contributed by atoms with Crippen molar-refractivity contribution in [2.24, 2.45) is 0 Å². The van der Waals surface area contributed by atoms with Crippen LogP contribution in [0.15, 0.2) is 36.5 Å². The Labute approximate surface area is 142 Å². The summed E-state index contributed by atoms with van der Waals surface area (Å²) >= 11 is 5.72. The monoisotopic (exact) mass is 348 g/mol. The number of rotatable bonds is 4. The molecule has 0 bridgehead atoms. The van der Waals surface area contributed by atoms with Gasteiger partial charge in [-0.3, -0.25) is 4.79 Å². The molecule has 0 radical (unpaired) electrons. The third kappa shape index (κ3) is 3.57. The van der Waals surface area contributed by atoms with E-state index < -0.39 is 18.0 Å². The smallest absolute Gasteiger partial charge is 0.339 e. The maximum Gasteiger partial charge on any atom is 0.339 e. The van der Waals surface area contributed by atoms with Gasteiger partial charge < -0.3 is 19.5 Å². The van der Waals surface area contributed by atoms with E-state index >= 15 is 0 Å². The summed E-state index contributed by atoms with van der Waals surface area (Å²) in [5, 5.41) is 2.82. The van der Waals surface area contributed by atoms with Crippen molar-refractivity contribution in [3.05, 3.63) is 47.2 Å². The van der Waals surface area contributed by atoms with Gasteiger partial charge in [0.2, 0.25) is 6.79 Å². The van der Waals surface area contributed by atoms with Crippen molar-refractivity contribution < 1.29 is 23.8 Å². The van der Waals surface area contributed by atoms with Crippen LogP contribution in [0.25, 0.3) is 0 Å². The molecule has 2 heterocycles. The van der Waals surface area contributed by atoms with Crippen LogP contribution in [0.2, 0.25) is 5.15 Å². The van der Waals surface area contributed by atoms with Gasteiger partial charge in [-0.25, -0.2) is 9.78 Å². The first-order valence-electron chi connectivity index (χ1n) is 7.06. The number of nitrogens with zero attached hydrogens (tertiary/aromatic N) is 1. The molecule has 2 aromatic rings. The number of benzene rings is 1. The minimum absolute atomic E-state index is 0.148. The predicted octanol–water partition coefficient (Wildman–Crippen LogP) is 2.65. The first-order chi connectivity index (χ1) is 11.5. The van der Waals surface area contributed by atoms with E-state index in [0.717, 1.165) is 0 Å². The molecule has 1 aliphatic heterocycles. The highest BCUT2D eigenvalue weighted by Gasteiger charge is 2.20. The number of carbonyl (C=O) groups excluding carboxylic acids is 2. The van der Waals surface area contributed by atoms with Gasteiger partial charge in [-0.1, -0.05) is 11.6 Å². The highest BCUT2D eigenvalue weighted by atomic mass is 35.5. The van der Waals surface area contributed by atoms with Crippen LogP contribution in [0, 0.1) is 0 Å². The molecular formula is C16H13ClN2O5. The number of hydrogen-bond donors (Lipinski definition) is 1. The molecule has 124 valence electrons. The van der Waals surface area contributed by atoms with Crippen molar-refractivity contribution in [2.75, 3.05) is 12.1 Å². The number of fused-ring (bicyclic) bond motifs is 1. The number of aromatic nitrogens is 1. The number of hydrogen-bond acceptors (Lipinski definition) is 6. The van der Waals surface area contributed by atoms with Gasteiger partial charge in [0.05, 0.1) is 5.56 Å². The lowest BCUT2D eigenvalue weighted by molar-refractivity contribution is -0.123. The minimum atomic E-state index is -0.991. The Balaban J connectivity index is 1.61. The molecule has 1 aliphatic rings. The Morgan fingerprint density at radius 2 is 2.04 bits per heavy atom. The van der Waals surface area contributed by atoms with Gasteiger partial charge in [0.25, 0.3) is 5.91 Å². The zero-order valence-corrected chi connectivity index (χ0v) is 13.4. The summed E-state index contributed by atoms with van der Waals surface area (Å²) in [6.45, 7) is 1.62. The van der Waals surface area contributed by atoms with Crippen molar-refractivity contribution in [1.82, 2.24) is 4.98 Å². The van der Waals surface area contributed by atoms with E-state index in [1.807, 2.05) is 0 Å². The third-order valence-corrected chi connectivity index (χ3v) is 3.46. The Morgan fingerprint density at radius 3 is 2.83 bits per heavy atom. The molecule has 0 spiro atoms. The first-order valence-corrected chi connectivity index (χ1v) is 7.44. The van der Waals surface area contributed by atoms with Gasteiger partial charge in [-0.15, -0.1) is 0 Å². The number of ether oxygens (including phenoxy) is 3. The Morgan fingerprint density at radius 1 is 1.25 bits per heavy atom. The largest absolute Gasteiger partial charge is 0.454 e. The summed E-state index contributed by atoms with van der Waals surface area (Å²) in [7, 11) is 0. The number of carbonyl (C=O) groups is 2. The minimum Gasteiger partial charge on any atom is -0.454 e. The Kier molecular flexibility index (Phi) is 4.52. The van der Waals surface area contributed by atoms with Gasteiger partial charge in [-0.2, -0.15) is 0 Å². The normalized spacial score (nSPS) is 13.2. The highest BCUT2D eigenvalue weighted by Crippen LogP contribution is 2.34. The summed E-state index contributed by atoms with van der Waals surface area (Å²) in [5.41, 5.74) is 0.733. The molecule has 1 amide bonds. The molecule has 0 saturated heterocycles. The van der Waals surface area contributed by atoms with E-state index in [0.29, 0.717) is 17.2 Å². The van der Waals surface area contributed by atoms with Gasteiger partial charge in [-0.05, 0) is 31.2 Å². The van der Waals surface area contributed by atoms with Crippen LogP contribution < -0.4 is 14.8 Å². The van der Waals surface area contributed by atoms with Crippen molar-refractivity contribution in [3.63, 3.8) is 0 Å². The Bertz CT molecular complexity index is 796. The van der Waals surface area contributed by atoms with E-state index in [9.17, 15) is 9.59 Å². The van der Waals surface area contributed by atoms with Crippen LogP contribution in [0.4, 0.5) is 5.69 Å². The molecular weight excluding hydrogens is 336 g/mol. The van der Waals surface area contributed by atoms with Crippen LogP contribution >= 0.6 is 11.6 Å². The van der Waals surface area contributed by atoms with Crippen LogP contribution in [0.3, 0.4) is 0 Å². The van der Waals surface area contributed by atoms with E-state index in [-0.39, 0.29) is 17.5 Å². The van der Waals surface area contributed by atoms with E-state index in [1.54, 1.807) is 18.2 Å². The predicted molar refractivity (Wildman–Crippen MR) is 85.3 cm³/mol. The summed E-state index contributed by atoms with van der Waals surface area (Å²) < 4.78 is 15.6. The van der Waals surface area contributed by atoms with Gasteiger partial charge in [0, 0.05) is 18.0 Å². The molecule has 7 nitrogen and oxygen atoms in total. The third-order valence-electron chi connectivity index (χ3n) is 3.26. The second-order valence-corrected chi connectivity index (χ2v) is 5.36. The fraction of sp³-hybridized carbons (Fsp3) is 0.188. The van der Waals surface area contributed by atoms with Crippen LogP contribution in [0.1, 0.15) is 17.3 Å². The average Bonchev–Trinajstić information content (AvgIpc) is 3.02. The maximum atomic E-state index is 12.1. The zero-order valence-electron chi connectivity index (χ0n) is 12.6. The lowest BCUT2D eigenvalue weighted by atomic mass is 10.2. The van der Waals surface area contributed by atoms with Gasteiger partial charge >= 0.3 is 5.97 Å². The number of anilines is 1. The van der Waals surface area contributed by atoms with E-state index in [1.165, 1.54) is 25.3 Å². The topological polar surface area (TPSA) is 86.8 Å². The molecule has 1 aromatic carbocycles. The number of amides is 1. The number of halogens is 1. The molecule has 0 aliphatic carbocycles. The van der Waals surface area contributed by atoms with Crippen molar-refractivity contribution in [3.8, 4) is 11.5 Å². The molecule has 1 aromatic heterocycles. The maximum absolute atomic E-state index is 12.1. The fourth-order valence-corrected chi connectivity index (χ4v) is 2.20. The lowest BCUT2D eigenvalue weighted by Crippen LogP contribution is -2.30. The molecule has 1 atom stereocenters. The van der Waals surface area contributed by atoms with Crippen LogP contribution in [-0.2, 0) is 9.53 Å². The quantitative estimate of drug-likeness (QED) is 0.675. The molecule has 1 unspecified atom stereocenters. The molecule has 0 fully saturated rings. The Hall–Kier alpha value is -2.80. The van der Waals surface area contributed by atoms with Crippen molar-refractivity contribution in [1.29, 1.82) is 0 Å². The number of pyridine rings is 1. The number of nitrogens with one attached hydrogen (secondary N) is 1. The second-order valence-electron chi connectivity index (χ2n) is 4.97. The lowest BCUT2D eigenvalue weighted by Gasteiger charge is -2.13. The molecule has 0 saturated carbocycles. The van der Waals surface area contributed by atoms with E-state index in [2.05, 4.69) is 10.3 Å². The van der Waals surface area contributed by atoms with Crippen LogP contribution in [0.5, 0.6) is 11.5 Å². The summed E-state index contributed by atoms with van der Waals surface area (Å²) in [4.78, 5) is 27.9. The summed E-state index contributed by atoms with van der Waals surface area (Å²) in [6.07, 6.45) is 0.394. The summed E-state index contributed by atoms with van der Waals surface area (Å²) in [5.74, 6) is 0.0286. The summed E-state index contributed by atoms with van der Waals surface area (Å²) in [6, 6.07) is 7.82. The average molecular weight is 349 g/mol. The SMILES string of the molecule is CC(OC(=O)c1ccnc(Cl)c1)C(=O)Nc1ccc2c(c1)OCO2. The van der Waals surface area contributed by atoms with Crippen molar-refractivity contribution >= 4 is 29.2 Å². The molecule has 1 N–H and O–H groups in total. The number of esters is 1. The first kappa shape index (κ1) is 16.1. The second kappa shape index (κ2) is 6.76. The van der Waals surface area contributed by atoms with Gasteiger partial charge in [0.15, 0.2) is 17.6 Å². The highest BCUT2D eigenvalue weighted by molar-refractivity contribution is 6.29. The molecule has 8 heteroatoms. The molecule has 3 rings (SSSR count). The zero-order chi connectivity index (χ0) is 17.1. The molecule has 24 heavy (non-hydrogen) atoms. The van der Waals surface area contributed by atoms with Crippen LogP contribution in [-0.4, -0.2) is 29.8 Å². The fourth-order valence-electron chi connectivity index (χ4n) is 2.03. The van der Waals surface area contributed by atoms with Crippen molar-refractivity contribution in [2.45, 2.75) is 13.0 Å². The van der Waals surface area contributed by atoms with E-state index in [4.69, 9.17) is 25.8 Å². The standard InChI is InChI=1S/C16H13ClN2O5/c1-9(24-16(21)10-4-5-18-14(17)6-10)15(20)19-11-2-3-12-13(7-11)23-8-22-12/h2-7,9H,8H2,1H3,(H,19,20). The van der Waals surface area contributed by atoms with Gasteiger partial charge in [0.1, 0.15) is 5.15 Å².